The van der Waals surface area contributed by atoms with Crippen LogP contribution in [0.2, 0.25) is 0 Å². The second kappa shape index (κ2) is 1.81. The lowest BCUT2D eigenvalue weighted by Gasteiger charge is -1.70. The maximum atomic E-state index is 4.91. The molecule has 0 unspecified atom stereocenters. The molecule has 0 aliphatic carbocycles. The quantitative estimate of drug-likeness (QED) is 0.455. The van der Waals surface area contributed by atoms with E-state index >= 15 is 0 Å². The lowest BCUT2D eigenvalue weighted by atomic mass is 10.9. The Balaban J connectivity index is 3.12. The van der Waals surface area contributed by atoms with Crippen molar-refractivity contribution < 1.29 is 8.98 Å². The molecule has 0 N–H and O–H groups in total. The van der Waals surface area contributed by atoms with Crippen molar-refractivity contribution in [2.45, 2.75) is 0 Å². The van der Waals surface area contributed by atoms with Crippen LogP contribution in [0.15, 0.2) is 16.9 Å². The minimum Gasteiger partial charge on any atom is -0.402 e. The fourth-order valence-electron chi connectivity index (χ4n) is 0.320. The van der Waals surface area contributed by atoms with Crippen LogP contribution in [-0.4, -0.2) is 0 Å². The molecular weight excluding hydrogens is 205 g/mol. The zero-order chi connectivity index (χ0) is 5.28. The lowest BCUT2D eigenvalue weighted by Crippen LogP contribution is -2.27. The summed E-state index contributed by atoms with van der Waals surface area (Å²) in [4.78, 5) is 0. The number of hydrogen-bond acceptors (Lipinski definition) is 1. The number of rotatable bonds is 0. The fourth-order valence-corrected chi connectivity index (χ4v) is 0.627. The first kappa shape index (κ1) is 5.08. The van der Waals surface area contributed by atoms with E-state index in [1.807, 2.05) is 17.8 Å². The van der Waals surface area contributed by atoms with Crippen molar-refractivity contribution in [3.05, 3.63) is 16.4 Å². The SMILES string of the molecule is C[n+]1ccoc1I. The molecule has 0 aliphatic heterocycles. The molecule has 0 bridgehead atoms. The smallest absolute Gasteiger partial charge is 0.402 e. The molecule has 0 saturated heterocycles. The number of aromatic nitrogens is 1. The Kier molecular flexibility index (Phi) is 1.32. The lowest BCUT2D eigenvalue weighted by molar-refractivity contribution is -0.688. The predicted molar refractivity (Wildman–Crippen MR) is 32.6 cm³/mol. The maximum Gasteiger partial charge on any atom is 0.408 e. The Bertz CT molecular complexity index is 144. The van der Waals surface area contributed by atoms with Crippen LogP contribution in [0, 0.1) is 3.90 Å². The summed E-state index contributed by atoms with van der Waals surface area (Å²) < 4.78 is 7.72. The number of aryl methyl sites for hydroxylation is 1. The molecule has 0 fully saturated rings. The van der Waals surface area contributed by atoms with Crippen LogP contribution >= 0.6 is 22.6 Å². The van der Waals surface area contributed by atoms with E-state index in [2.05, 4.69) is 22.6 Å². The average molecular weight is 210 g/mol. The van der Waals surface area contributed by atoms with Gasteiger partial charge >= 0.3 is 3.90 Å². The van der Waals surface area contributed by atoms with Gasteiger partial charge in [0.05, 0.1) is 22.6 Å². The average Bonchev–Trinajstić information content (AvgIpc) is 1.91. The molecule has 0 amide bonds. The zero-order valence-corrected chi connectivity index (χ0v) is 6.05. The van der Waals surface area contributed by atoms with Crippen molar-refractivity contribution in [2.24, 2.45) is 7.05 Å². The van der Waals surface area contributed by atoms with Crippen LogP contribution in [0.5, 0.6) is 0 Å². The molecule has 0 radical (unpaired) electrons. The summed E-state index contributed by atoms with van der Waals surface area (Å²) >= 11 is 2.12. The van der Waals surface area contributed by atoms with E-state index in [4.69, 9.17) is 4.42 Å². The fraction of sp³-hybridized carbons (Fsp3) is 0.250. The summed E-state index contributed by atoms with van der Waals surface area (Å²) in [6.45, 7) is 0. The Morgan fingerprint density at radius 2 is 2.57 bits per heavy atom. The van der Waals surface area contributed by atoms with Gasteiger partial charge in [-0.3, -0.25) is 0 Å². The van der Waals surface area contributed by atoms with Crippen molar-refractivity contribution in [2.75, 3.05) is 0 Å². The first-order valence-electron chi connectivity index (χ1n) is 1.89. The normalized spacial score (nSPS) is 9.43. The molecule has 1 rings (SSSR count). The van der Waals surface area contributed by atoms with Crippen LogP contribution < -0.4 is 4.57 Å². The largest absolute Gasteiger partial charge is 0.408 e. The third-order valence-corrected chi connectivity index (χ3v) is 1.74. The van der Waals surface area contributed by atoms with Crippen molar-refractivity contribution in [3.8, 4) is 0 Å². The number of oxazole rings is 1. The van der Waals surface area contributed by atoms with Gasteiger partial charge in [0.15, 0.2) is 6.26 Å². The summed E-state index contributed by atoms with van der Waals surface area (Å²) in [5.74, 6) is 0. The van der Waals surface area contributed by atoms with Crippen LogP contribution in [0.4, 0.5) is 0 Å². The van der Waals surface area contributed by atoms with E-state index in [1.165, 1.54) is 0 Å². The van der Waals surface area contributed by atoms with Gasteiger partial charge in [-0.2, -0.15) is 4.57 Å². The third kappa shape index (κ3) is 0.933. The number of nitrogens with zero attached hydrogens (tertiary/aromatic N) is 1. The molecule has 0 saturated carbocycles. The van der Waals surface area contributed by atoms with Gasteiger partial charge in [-0.05, 0) is 0 Å². The second-order valence-electron chi connectivity index (χ2n) is 1.27. The summed E-state index contributed by atoms with van der Waals surface area (Å²) in [6, 6.07) is 0. The topological polar surface area (TPSA) is 17.0 Å². The van der Waals surface area contributed by atoms with Crippen LogP contribution in [-0.2, 0) is 7.05 Å². The van der Waals surface area contributed by atoms with Gasteiger partial charge in [-0.15, -0.1) is 0 Å². The van der Waals surface area contributed by atoms with E-state index in [0.717, 1.165) is 3.90 Å². The highest BCUT2D eigenvalue weighted by Crippen LogP contribution is 1.93. The second-order valence-corrected chi connectivity index (χ2v) is 2.19. The molecule has 0 spiro atoms. The van der Waals surface area contributed by atoms with Crippen LogP contribution in [0.1, 0.15) is 0 Å². The third-order valence-electron chi connectivity index (χ3n) is 0.727. The highest BCUT2D eigenvalue weighted by atomic mass is 127. The Morgan fingerprint density at radius 3 is 2.71 bits per heavy atom. The van der Waals surface area contributed by atoms with Gasteiger partial charge < -0.3 is 4.42 Å². The maximum absolute atomic E-state index is 4.91. The molecule has 1 aromatic rings. The molecule has 1 aromatic heterocycles. The summed E-state index contributed by atoms with van der Waals surface area (Å²) in [5, 5.41) is 0. The van der Waals surface area contributed by atoms with Gasteiger partial charge in [0.1, 0.15) is 7.05 Å². The Labute approximate surface area is 55.3 Å². The van der Waals surface area contributed by atoms with Crippen molar-refractivity contribution in [1.82, 2.24) is 0 Å². The first-order chi connectivity index (χ1) is 3.30. The van der Waals surface area contributed by atoms with E-state index in [1.54, 1.807) is 6.26 Å². The van der Waals surface area contributed by atoms with Crippen LogP contribution in [0.25, 0.3) is 0 Å². The molecule has 0 aromatic carbocycles. The molecule has 0 atom stereocenters. The summed E-state index contributed by atoms with van der Waals surface area (Å²) in [5.41, 5.74) is 0. The minimum absolute atomic E-state index is 0.901. The van der Waals surface area contributed by atoms with Gasteiger partial charge in [0.25, 0.3) is 0 Å². The number of halogens is 1. The van der Waals surface area contributed by atoms with Gasteiger partial charge in [0, 0.05) is 0 Å². The molecule has 38 valence electrons. The predicted octanol–water partition coefficient (Wildman–Crippen LogP) is 0.709. The molecule has 2 nitrogen and oxygen atoms in total. The molecule has 7 heavy (non-hydrogen) atoms. The van der Waals surface area contributed by atoms with Crippen molar-refractivity contribution in [3.63, 3.8) is 0 Å². The molecule has 0 aliphatic rings. The molecular formula is C4H5INO+. The Hall–Kier alpha value is -0.0600. The van der Waals surface area contributed by atoms with Crippen LogP contribution in [0.3, 0.4) is 0 Å². The van der Waals surface area contributed by atoms with Gasteiger partial charge in [-0.1, -0.05) is 0 Å². The first-order valence-corrected chi connectivity index (χ1v) is 2.97. The number of hydrogen-bond donors (Lipinski definition) is 0. The summed E-state index contributed by atoms with van der Waals surface area (Å²) in [6.07, 6.45) is 3.52. The zero-order valence-electron chi connectivity index (χ0n) is 3.89. The van der Waals surface area contributed by atoms with E-state index in [0.29, 0.717) is 0 Å². The van der Waals surface area contributed by atoms with Crippen molar-refractivity contribution in [1.29, 1.82) is 0 Å². The minimum atomic E-state index is 0.901. The Morgan fingerprint density at radius 1 is 1.86 bits per heavy atom. The van der Waals surface area contributed by atoms with Gasteiger partial charge in [0.2, 0.25) is 6.20 Å². The van der Waals surface area contributed by atoms with E-state index in [-0.39, 0.29) is 0 Å². The highest BCUT2D eigenvalue weighted by Gasteiger charge is 2.00. The van der Waals surface area contributed by atoms with E-state index < -0.39 is 0 Å². The van der Waals surface area contributed by atoms with Crippen molar-refractivity contribution >= 4 is 22.6 Å². The standard InChI is InChI=1S/C4H5INO/c1-6-2-3-7-4(6)5/h2-3H,1H3/q+1. The molecule has 3 heteroatoms. The van der Waals surface area contributed by atoms with E-state index in [9.17, 15) is 0 Å². The highest BCUT2D eigenvalue weighted by molar-refractivity contribution is 14.1. The van der Waals surface area contributed by atoms with Gasteiger partial charge in [-0.25, -0.2) is 0 Å². The monoisotopic (exact) mass is 210 g/mol. The molecule has 1 heterocycles. The summed E-state index contributed by atoms with van der Waals surface area (Å²) in [7, 11) is 1.94.